The average molecular weight is 176 g/mol. The highest BCUT2D eigenvalue weighted by Gasteiger charge is 2.28. The van der Waals surface area contributed by atoms with Gasteiger partial charge in [0.15, 0.2) is 0 Å². The van der Waals surface area contributed by atoms with Crippen molar-refractivity contribution in [3.8, 4) is 5.75 Å². The van der Waals surface area contributed by atoms with Gasteiger partial charge in [0.25, 0.3) is 0 Å². The molecule has 68 valence electrons. The molecule has 0 radical (unpaired) electrons. The van der Waals surface area contributed by atoms with Gasteiger partial charge in [-0.1, -0.05) is 25.1 Å². The topological polar surface area (TPSA) is 26.3 Å². The second kappa shape index (κ2) is 3.21. The summed E-state index contributed by atoms with van der Waals surface area (Å²) in [7, 11) is 0. The van der Waals surface area contributed by atoms with Crippen LogP contribution in [-0.4, -0.2) is 12.4 Å². The van der Waals surface area contributed by atoms with Crippen LogP contribution in [-0.2, 0) is 4.79 Å². The van der Waals surface area contributed by atoms with E-state index < -0.39 is 0 Å². The summed E-state index contributed by atoms with van der Waals surface area (Å²) in [4.78, 5) is 11.5. The number of hydrogen-bond acceptors (Lipinski definition) is 2. The smallest absolute Gasteiger partial charge is 0.143 e. The summed E-state index contributed by atoms with van der Waals surface area (Å²) in [5.74, 6) is 1.11. The third-order valence-electron chi connectivity index (χ3n) is 2.44. The number of para-hydroxylation sites is 1. The first-order valence-electron chi connectivity index (χ1n) is 4.57. The SMILES string of the molecule is CCC(=O)C1COc2ccccc21. The van der Waals surface area contributed by atoms with Crippen molar-refractivity contribution in [2.75, 3.05) is 6.61 Å². The Balaban J connectivity index is 2.33. The predicted molar refractivity (Wildman–Crippen MR) is 50.0 cm³/mol. The van der Waals surface area contributed by atoms with E-state index in [2.05, 4.69) is 0 Å². The molecule has 2 nitrogen and oxygen atoms in total. The third kappa shape index (κ3) is 1.32. The number of ketones is 1. The largest absolute Gasteiger partial charge is 0.492 e. The first-order chi connectivity index (χ1) is 6.33. The summed E-state index contributed by atoms with van der Waals surface area (Å²) in [5, 5.41) is 0. The van der Waals surface area contributed by atoms with Crippen LogP contribution < -0.4 is 4.74 Å². The Kier molecular flexibility index (Phi) is 2.05. The molecule has 0 aromatic heterocycles. The van der Waals surface area contributed by atoms with Gasteiger partial charge >= 0.3 is 0 Å². The number of carbonyl (C=O) groups is 1. The molecule has 1 heterocycles. The summed E-state index contributed by atoms with van der Waals surface area (Å²) >= 11 is 0. The lowest BCUT2D eigenvalue weighted by Gasteiger charge is -2.04. The third-order valence-corrected chi connectivity index (χ3v) is 2.44. The van der Waals surface area contributed by atoms with Gasteiger partial charge in [0.2, 0.25) is 0 Å². The van der Waals surface area contributed by atoms with Crippen LogP contribution in [0.4, 0.5) is 0 Å². The van der Waals surface area contributed by atoms with Crippen LogP contribution in [0.15, 0.2) is 24.3 Å². The second-order valence-corrected chi connectivity index (χ2v) is 3.22. The predicted octanol–water partition coefficient (Wildman–Crippen LogP) is 2.14. The van der Waals surface area contributed by atoms with E-state index in [0.717, 1.165) is 11.3 Å². The maximum atomic E-state index is 11.5. The zero-order valence-corrected chi connectivity index (χ0v) is 7.62. The lowest BCUT2D eigenvalue weighted by atomic mass is 9.96. The standard InChI is InChI=1S/C11H12O2/c1-2-10(12)9-7-13-11-6-4-3-5-8(9)11/h3-6,9H,2,7H2,1H3. The van der Waals surface area contributed by atoms with E-state index in [1.807, 2.05) is 31.2 Å². The molecule has 0 spiro atoms. The summed E-state index contributed by atoms with van der Waals surface area (Å²) in [6, 6.07) is 7.76. The van der Waals surface area contributed by atoms with Crippen molar-refractivity contribution in [3.63, 3.8) is 0 Å². The minimum atomic E-state index is -0.0267. The van der Waals surface area contributed by atoms with Crippen molar-refractivity contribution in [1.29, 1.82) is 0 Å². The van der Waals surface area contributed by atoms with Gasteiger partial charge in [0.1, 0.15) is 18.1 Å². The van der Waals surface area contributed by atoms with Crippen LogP contribution in [0.25, 0.3) is 0 Å². The van der Waals surface area contributed by atoms with Crippen LogP contribution in [0.1, 0.15) is 24.8 Å². The lowest BCUT2D eigenvalue weighted by molar-refractivity contribution is -0.120. The average Bonchev–Trinajstić information content (AvgIpc) is 2.60. The van der Waals surface area contributed by atoms with Gasteiger partial charge < -0.3 is 4.74 Å². The van der Waals surface area contributed by atoms with E-state index in [1.54, 1.807) is 0 Å². The van der Waals surface area contributed by atoms with Gasteiger partial charge in [-0.3, -0.25) is 4.79 Å². The van der Waals surface area contributed by atoms with Crippen LogP contribution in [0, 0.1) is 0 Å². The summed E-state index contributed by atoms with van der Waals surface area (Å²) in [5.41, 5.74) is 1.05. The Hall–Kier alpha value is -1.31. The zero-order chi connectivity index (χ0) is 9.26. The van der Waals surface area contributed by atoms with Gasteiger partial charge in [0, 0.05) is 12.0 Å². The maximum absolute atomic E-state index is 11.5. The molecule has 2 heteroatoms. The molecule has 1 aromatic rings. The molecule has 0 aliphatic carbocycles. The van der Waals surface area contributed by atoms with Crippen molar-refractivity contribution >= 4 is 5.78 Å². The van der Waals surface area contributed by atoms with Crippen molar-refractivity contribution in [2.24, 2.45) is 0 Å². The van der Waals surface area contributed by atoms with Crippen molar-refractivity contribution in [2.45, 2.75) is 19.3 Å². The molecule has 0 fully saturated rings. The molecule has 1 aliphatic rings. The number of hydrogen-bond donors (Lipinski definition) is 0. The molecule has 1 aromatic carbocycles. The monoisotopic (exact) mass is 176 g/mol. The molecule has 1 aliphatic heterocycles. The van der Waals surface area contributed by atoms with E-state index in [0.29, 0.717) is 13.0 Å². The Morgan fingerprint density at radius 3 is 3.08 bits per heavy atom. The Morgan fingerprint density at radius 2 is 2.31 bits per heavy atom. The zero-order valence-electron chi connectivity index (χ0n) is 7.62. The van der Waals surface area contributed by atoms with E-state index in [4.69, 9.17) is 4.74 Å². The molecule has 1 atom stereocenters. The minimum absolute atomic E-state index is 0.0267. The van der Waals surface area contributed by atoms with Crippen LogP contribution in [0.5, 0.6) is 5.75 Å². The highest BCUT2D eigenvalue weighted by molar-refractivity contribution is 5.87. The number of ether oxygens (including phenoxy) is 1. The summed E-state index contributed by atoms with van der Waals surface area (Å²) < 4.78 is 5.41. The molecule has 13 heavy (non-hydrogen) atoms. The van der Waals surface area contributed by atoms with Gasteiger partial charge in [-0.15, -0.1) is 0 Å². The van der Waals surface area contributed by atoms with E-state index >= 15 is 0 Å². The van der Waals surface area contributed by atoms with Crippen LogP contribution >= 0.6 is 0 Å². The molecule has 2 rings (SSSR count). The quantitative estimate of drug-likeness (QED) is 0.690. The molecule has 0 saturated carbocycles. The van der Waals surface area contributed by atoms with Gasteiger partial charge in [-0.2, -0.15) is 0 Å². The van der Waals surface area contributed by atoms with Crippen LogP contribution in [0.3, 0.4) is 0 Å². The molecule has 0 saturated heterocycles. The molecule has 1 unspecified atom stereocenters. The number of Topliss-reactive ketones (excluding diaryl/α,β-unsaturated/α-hetero) is 1. The fraction of sp³-hybridized carbons (Fsp3) is 0.364. The molecule has 0 N–H and O–H groups in total. The van der Waals surface area contributed by atoms with Crippen molar-refractivity contribution in [1.82, 2.24) is 0 Å². The van der Waals surface area contributed by atoms with E-state index in [-0.39, 0.29) is 11.7 Å². The molecular formula is C11H12O2. The van der Waals surface area contributed by atoms with E-state index in [1.165, 1.54) is 0 Å². The number of carbonyl (C=O) groups excluding carboxylic acids is 1. The van der Waals surface area contributed by atoms with Crippen molar-refractivity contribution < 1.29 is 9.53 Å². The van der Waals surface area contributed by atoms with Crippen molar-refractivity contribution in [3.05, 3.63) is 29.8 Å². The maximum Gasteiger partial charge on any atom is 0.143 e. The fourth-order valence-electron chi connectivity index (χ4n) is 1.68. The number of rotatable bonds is 2. The Bertz CT molecular complexity index is 331. The Morgan fingerprint density at radius 1 is 1.54 bits per heavy atom. The van der Waals surface area contributed by atoms with Gasteiger partial charge in [0.05, 0.1) is 5.92 Å². The number of benzene rings is 1. The highest BCUT2D eigenvalue weighted by Crippen LogP contribution is 2.34. The van der Waals surface area contributed by atoms with Gasteiger partial charge in [-0.05, 0) is 6.07 Å². The fourth-order valence-corrected chi connectivity index (χ4v) is 1.68. The summed E-state index contributed by atoms with van der Waals surface area (Å²) in [6.07, 6.45) is 0.586. The molecule has 0 bridgehead atoms. The van der Waals surface area contributed by atoms with E-state index in [9.17, 15) is 4.79 Å². The first-order valence-corrected chi connectivity index (χ1v) is 4.57. The number of fused-ring (bicyclic) bond motifs is 1. The molecule has 0 amide bonds. The minimum Gasteiger partial charge on any atom is -0.492 e. The molecular weight excluding hydrogens is 164 g/mol. The highest BCUT2D eigenvalue weighted by atomic mass is 16.5. The van der Waals surface area contributed by atoms with Crippen LogP contribution in [0.2, 0.25) is 0 Å². The Labute approximate surface area is 77.5 Å². The summed E-state index contributed by atoms with van der Waals surface area (Å²) in [6.45, 7) is 2.41. The van der Waals surface area contributed by atoms with Gasteiger partial charge in [-0.25, -0.2) is 0 Å². The first kappa shape index (κ1) is 8.30. The lowest BCUT2D eigenvalue weighted by Crippen LogP contribution is -2.12. The normalized spacial score (nSPS) is 19.3. The second-order valence-electron chi connectivity index (χ2n) is 3.22.